The van der Waals surface area contributed by atoms with Gasteiger partial charge in [-0.15, -0.1) is 0 Å². The van der Waals surface area contributed by atoms with E-state index in [4.69, 9.17) is 4.74 Å². The van der Waals surface area contributed by atoms with Crippen LogP contribution in [0.15, 0.2) is 24.3 Å². The summed E-state index contributed by atoms with van der Waals surface area (Å²) >= 11 is 0. The molecule has 0 spiro atoms. The number of ether oxygens (including phenoxy) is 1. The van der Waals surface area contributed by atoms with E-state index in [1.807, 2.05) is 6.92 Å². The molecule has 0 bridgehead atoms. The fourth-order valence-electron chi connectivity index (χ4n) is 1.88. The van der Waals surface area contributed by atoms with Gasteiger partial charge in [0.2, 0.25) is 15.9 Å². The number of carbonyl (C=O) groups excluding carboxylic acids is 1. The van der Waals surface area contributed by atoms with Crippen molar-refractivity contribution in [2.75, 3.05) is 24.1 Å². The van der Waals surface area contributed by atoms with Crippen molar-refractivity contribution in [2.24, 2.45) is 5.92 Å². The van der Waals surface area contributed by atoms with E-state index in [1.165, 1.54) is 7.11 Å². The number of hydrogen-bond acceptors (Lipinski definition) is 4. The quantitative estimate of drug-likeness (QED) is 0.679. The molecule has 0 aliphatic carbocycles. The molecule has 0 saturated carbocycles. The van der Waals surface area contributed by atoms with Crippen LogP contribution in [-0.4, -0.2) is 33.7 Å². The fraction of sp³-hybridized carbons (Fsp3) is 0.533. The Hall–Kier alpha value is -1.76. The Morgan fingerprint density at radius 3 is 2.73 bits per heavy atom. The molecular weight excluding hydrogens is 304 g/mol. The van der Waals surface area contributed by atoms with E-state index < -0.39 is 15.9 Å². The van der Waals surface area contributed by atoms with Gasteiger partial charge in [0.05, 0.1) is 24.5 Å². The topological polar surface area (TPSA) is 84.5 Å². The van der Waals surface area contributed by atoms with Gasteiger partial charge >= 0.3 is 0 Å². The summed E-state index contributed by atoms with van der Waals surface area (Å²) in [5, 5.41) is 2.74. The van der Waals surface area contributed by atoms with Gasteiger partial charge in [0.25, 0.3) is 0 Å². The van der Waals surface area contributed by atoms with Gasteiger partial charge in [-0.1, -0.05) is 26.3 Å². The molecule has 2 N–H and O–H groups in total. The number of hydrogen-bond donors (Lipinski definition) is 2. The molecule has 0 radical (unpaired) electrons. The molecule has 1 aromatic carbocycles. The minimum atomic E-state index is -3.60. The zero-order chi connectivity index (χ0) is 16.6. The monoisotopic (exact) mass is 328 g/mol. The molecule has 1 rings (SSSR count). The minimum absolute atomic E-state index is 0.246. The third-order valence-corrected chi connectivity index (χ3v) is 4.58. The Balaban J connectivity index is 2.60. The fourth-order valence-corrected chi connectivity index (χ4v) is 3.25. The van der Waals surface area contributed by atoms with Gasteiger partial charge in [-0.25, -0.2) is 8.42 Å². The molecule has 124 valence electrons. The predicted octanol–water partition coefficient (Wildman–Crippen LogP) is 1.99. The number of amides is 1. The van der Waals surface area contributed by atoms with Gasteiger partial charge in [0.15, 0.2) is 0 Å². The number of carbonyl (C=O) groups is 1. The number of methoxy groups -OCH3 is 1. The SMILES string of the molecule is CCCCNC(=O)C(C)CS(=O)(=O)Nc1cccc(OC)c1. The Morgan fingerprint density at radius 1 is 1.36 bits per heavy atom. The van der Waals surface area contributed by atoms with Crippen LogP contribution in [0.2, 0.25) is 0 Å². The largest absolute Gasteiger partial charge is 0.497 e. The first-order chi connectivity index (χ1) is 10.4. The van der Waals surface area contributed by atoms with Crippen molar-refractivity contribution < 1.29 is 17.9 Å². The lowest BCUT2D eigenvalue weighted by Gasteiger charge is -2.14. The molecule has 0 aromatic heterocycles. The lowest BCUT2D eigenvalue weighted by Crippen LogP contribution is -2.35. The number of nitrogens with one attached hydrogen (secondary N) is 2. The molecule has 22 heavy (non-hydrogen) atoms. The van der Waals surface area contributed by atoms with Crippen LogP contribution >= 0.6 is 0 Å². The van der Waals surface area contributed by atoms with Crippen LogP contribution in [-0.2, 0) is 14.8 Å². The van der Waals surface area contributed by atoms with E-state index in [-0.39, 0.29) is 11.7 Å². The van der Waals surface area contributed by atoms with E-state index in [2.05, 4.69) is 10.0 Å². The summed E-state index contributed by atoms with van der Waals surface area (Å²) in [5.41, 5.74) is 0.415. The van der Waals surface area contributed by atoms with Crippen molar-refractivity contribution in [1.29, 1.82) is 0 Å². The van der Waals surface area contributed by atoms with Crippen LogP contribution < -0.4 is 14.8 Å². The third-order valence-electron chi connectivity index (χ3n) is 3.09. The number of sulfonamides is 1. The van der Waals surface area contributed by atoms with Gasteiger partial charge in [-0.3, -0.25) is 9.52 Å². The average molecular weight is 328 g/mol. The van der Waals surface area contributed by atoms with E-state index in [0.29, 0.717) is 18.0 Å². The van der Waals surface area contributed by atoms with Crippen molar-refractivity contribution in [3.05, 3.63) is 24.3 Å². The molecule has 0 aliphatic rings. The molecular formula is C15H24N2O4S. The van der Waals surface area contributed by atoms with Crippen molar-refractivity contribution in [3.8, 4) is 5.75 Å². The molecule has 0 fully saturated rings. The second-order valence-corrected chi connectivity index (χ2v) is 6.93. The Kier molecular flexibility index (Phi) is 7.17. The first-order valence-electron chi connectivity index (χ1n) is 7.30. The van der Waals surface area contributed by atoms with Crippen LogP contribution in [0.5, 0.6) is 5.75 Å². The summed E-state index contributed by atoms with van der Waals surface area (Å²) in [7, 11) is -2.09. The van der Waals surface area contributed by atoms with Crippen molar-refractivity contribution in [3.63, 3.8) is 0 Å². The van der Waals surface area contributed by atoms with E-state index >= 15 is 0 Å². The lowest BCUT2D eigenvalue weighted by molar-refractivity contribution is -0.123. The van der Waals surface area contributed by atoms with Gasteiger partial charge < -0.3 is 10.1 Å². The molecule has 1 unspecified atom stereocenters. The van der Waals surface area contributed by atoms with E-state index in [0.717, 1.165) is 12.8 Å². The van der Waals surface area contributed by atoms with Gasteiger partial charge in [-0.05, 0) is 18.6 Å². The van der Waals surface area contributed by atoms with E-state index in [9.17, 15) is 13.2 Å². The van der Waals surface area contributed by atoms with Gasteiger partial charge in [0, 0.05) is 12.6 Å². The number of benzene rings is 1. The molecule has 6 nitrogen and oxygen atoms in total. The van der Waals surface area contributed by atoms with Crippen LogP contribution in [0.25, 0.3) is 0 Å². The molecule has 0 saturated heterocycles. The highest BCUT2D eigenvalue weighted by atomic mass is 32.2. The summed E-state index contributed by atoms with van der Waals surface area (Å²) in [4.78, 5) is 11.8. The zero-order valence-electron chi connectivity index (χ0n) is 13.3. The Morgan fingerprint density at radius 2 is 2.09 bits per heavy atom. The summed E-state index contributed by atoms with van der Waals surface area (Å²) in [6, 6.07) is 6.63. The first kappa shape index (κ1) is 18.3. The van der Waals surface area contributed by atoms with Crippen LogP contribution in [0.4, 0.5) is 5.69 Å². The van der Waals surface area contributed by atoms with Crippen molar-refractivity contribution in [2.45, 2.75) is 26.7 Å². The molecule has 0 aliphatic heterocycles. The predicted molar refractivity (Wildman–Crippen MR) is 87.5 cm³/mol. The maximum Gasteiger partial charge on any atom is 0.233 e. The standard InChI is InChI=1S/C15H24N2O4S/c1-4-5-9-16-15(18)12(2)11-22(19,20)17-13-7-6-8-14(10-13)21-3/h6-8,10,12,17H,4-5,9,11H2,1-3H3,(H,16,18). The molecule has 1 aromatic rings. The zero-order valence-corrected chi connectivity index (χ0v) is 14.1. The summed E-state index contributed by atoms with van der Waals surface area (Å²) in [6.45, 7) is 4.20. The maximum atomic E-state index is 12.1. The highest BCUT2D eigenvalue weighted by molar-refractivity contribution is 7.92. The van der Waals surface area contributed by atoms with Gasteiger partial charge in [0.1, 0.15) is 5.75 Å². The normalized spacial score (nSPS) is 12.5. The van der Waals surface area contributed by atoms with Crippen LogP contribution in [0.3, 0.4) is 0 Å². The Bertz CT molecular complexity index is 587. The number of rotatable bonds is 9. The van der Waals surface area contributed by atoms with Gasteiger partial charge in [-0.2, -0.15) is 0 Å². The lowest BCUT2D eigenvalue weighted by atomic mass is 10.2. The van der Waals surface area contributed by atoms with Crippen LogP contribution in [0, 0.1) is 5.92 Å². The second kappa shape index (κ2) is 8.63. The Labute approximate surface area is 132 Å². The summed E-state index contributed by atoms with van der Waals surface area (Å²) in [5.74, 6) is -0.558. The second-order valence-electron chi connectivity index (χ2n) is 5.16. The van der Waals surface area contributed by atoms with Crippen molar-refractivity contribution in [1.82, 2.24) is 5.32 Å². The highest BCUT2D eigenvalue weighted by Crippen LogP contribution is 2.18. The van der Waals surface area contributed by atoms with Crippen LogP contribution in [0.1, 0.15) is 26.7 Å². The smallest absolute Gasteiger partial charge is 0.233 e. The molecule has 0 heterocycles. The first-order valence-corrected chi connectivity index (χ1v) is 8.95. The number of unbranched alkanes of at least 4 members (excludes halogenated alkanes) is 1. The van der Waals surface area contributed by atoms with E-state index in [1.54, 1.807) is 31.2 Å². The average Bonchev–Trinajstić information content (AvgIpc) is 2.46. The maximum absolute atomic E-state index is 12.1. The minimum Gasteiger partial charge on any atom is -0.497 e. The summed E-state index contributed by atoms with van der Waals surface area (Å²) < 4.78 is 31.7. The van der Waals surface area contributed by atoms with Crippen molar-refractivity contribution >= 4 is 21.6 Å². The molecule has 1 amide bonds. The third kappa shape index (κ3) is 6.34. The number of anilines is 1. The summed E-state index contributed by atoms with van der Waals surface area (Å²) in [6.07, 6.45) is 1.86. The highest BCUT2D eigenvalue weighted by Gasteiger charge is 2.21. The molecule has 7 heteroatoms. The molecule has 1 atom stereocenters.